The average molecular weight is 298 g/mol. The number of nitrogens with zero attached hydrogens (tertiary/aromatic N) is 4. The minimum atomic E-state index is -0.124. The van der Waals surface area contributed by atoms with Crippen molar-refractivity contribution in [2.45, 2.75) is 45.7 Å². The van der Waals surface area contributed by atoms with Gasteiger partial charge in [0.25, 0.3) is 0 Å². The molecule has 0 aliphatic rings. The normalized spacial score (nSPS) is 13.1. The summed E-state index contributed by atoms with van der Waals surface area (Å²) in [6.07, 6.45) is 0. The van der Waals surface area contributed by atoms with Crippen molar-refractivity contribution in [1.82, 2.24) is 15.0 Å². The van der Waals surface area contributed by atoms with Crippen LogP contribution in [0.1, 0.15) is 56.6 Å². The van der Waals surface area contributed by atoms with E-state index in [9.17, 15) is 0 Å². The van der Waals surface area contributed by atoms with Crippen molar-refractivity contribution in [2.75, 3.05) is 7.05 Å². The van der Waals surface area contributed by atoms with E-state index in [-0.39, 0.29) is 11.5 Å². The van der Waals surface area contributed by atoms with Gasteiger partial charge in [-0.2, -0.15) is 10.2 Å². The van der Waals surface area contributed by atoms with Crippen molar-refractivity contribution in [3.05, 3.63) is 47.1 Å². The van der Waals surface area contributed by atoms with Crippen LogP contribution in [-0.4, -0.2) is 22.1 Å². The molecule has 0 fully saturated rings. The molecule has 0 aliphatic carbocycles. The minimum absolute atomic E-state index is 0.00865. The highest BCUT2D eigenvalue weighted by molar-refractivity contribution is 5.32. The number of hydrogen-bond acceptors (Lipinski definition) is 5. The molecule has 1 aromatic carbocycles. The molecular weight excluding hydrogens is 276 g/mol. The van der Waals surface area contributed by atoms with Gasteiger partial charge in [0.05, 0.1) is 17.7 Å². The highest BCUT2D eigenvalue weighted by Gasteiger charge is 2.24. The fourth-order valence-corrected chi connectivity index (χ4v) is 2.06. The lowest BCUT2D eigenvalue weighted by atomic mass is 9.96. The van der Waals surface area contributed by atoms with Gasteiger partial charge < -0.3 is 4.52 Å². The molecular formula is C17H22N4O. The molecule has 5 nitrogen and oxygen atoms in total. The minimum Gasteiger partial charge on any atom is -0.338 e. The Bertz CT molecular complexity index is 678. The smallest absolute Gasteiger partial charge is 0.243 e. The number of hydrogen-bond donors (Lipinski definition) is 0. The van der Waals surface area contributed by atoms with E-state index in [1.807, 2.05) is 32.2 Å². The van der Waals surface area contributed by atoms with E-state index < -0.39 is 0 Å². The van der Waals surface area contributed by atoms with Crippen LogP contribution >= 0.6 is 0 Å². The van der Waals surface area contributed by atoms with E-state index >= 15 is 0 Å². The van der Waals surface area contributed by atoms with Crippen LogP contribution in [0, 0.1) is 11.3 Å². The first-order valence-electron chi connectivity index (χ1n) is 7.34. The van der Waals surface area contributed by atoms with Crippen molar-refractivity contribution in [3.63, 3.8) is 0 Å². The zero-order valence-corrected chi connectivity index (χ0v) is 13.8. The Morgan fingerprint density at radius 2 is 2.09 bits per heavy atom. The molecule has 0 saturated heterocycles. The summed E-state index contributed by atoms with van der Waals surface area (Å²) in [5.41, 5.74) is 1.64. The number of rotatable bonds is 4. The monoisotopic (exact) mass is 298 g/mol. The summed E-state index contributed by atoms with van der Waals surface area (Å²) in [6.45, 7) is 8.92. The fraction of sp³-hybridized carbons (Fsp3) is 0.471. The van der Waals surface area contributed by atoms with Crippen LogP contribution in [0.25, 0.3) is 0 Å². The van der Waals surface area contributed by atoms with Crippen molar-refractivity contribution >= 4 is 0 Å². The van der Waals surface area contributed by atoms with Gasteiger partial charge in [-0.3, -0.25) is 4.90 Å². The molecule has 2 rings (SSSR count). The van der Waals surface area contributed by atoms with Gasteiger partial charge in [-0.05, 0) is 31.7 Å². The van der Waals surface area contributed by atoms with Crippen molar-refractivity contribution in [2.24, 2.45) is 0 Å². The summed E-state index contributed by atoms with van der Waals surface area (Å²) < 4.78 is 5.40. The zero-order valence-electron chi connectivity index (χ0n) is 13.8. The summed E-state index contributed by atoms with van der Waals surface area (Å²) in [5, 5.41) is 13.0. The Hall–Kier alpha value is -2.19. The van der Waals surface area contributed by atoms with Gasteiger partial charge >= 0.3 is 0 Å². The van der Waals surface area contributed by atoms with Crippen LogP contribution in [0.15, 0.2) is 28.8 Å². The SMILES string of the molecule is C[C@H](c1nc(C(C)(C)C)no1)N(C)Cc1cccc(C#N)c1. The van der Waals surface area contributed by atoms with Crippen molar-refractivity contribution in [1.29, 1.82) is 5.26 Å². The molecule has 2 aromatic rings. The highest BCUT2D eigenvalue weighted by Crippen LogP contribution is 2.24. The zero-order chi connectivity index (χ0) is 16.3. The second-order valence-electron chi connectivity index (χ2n) is 6.61. The van der Waals surface area contributed by atoms with Crippen molar-refractivity contribution in [3.8, 4) is 6.07 Å². The van der Waals surface area contributed by atoms with E-state index in [1.165, 1.54) is 0 Å². The fourth-order valence-electron chi connectivity index (χ4n) is 2.06. The van der Waals surface area contributed by atoms with E-state index in [2.05, 4.69) is 41.9 Å². The van der Waals surface area contributed by atoms with Crippen LogP contribution in [0.3, 0.4) is 0 Å². The molecule has 116 valence electrons. The first-order valence-corrected chi connectivity index (χ1v) is 7.34. The molecule has 5 heteroatoms. The van der Waals surface area contributed by atoms with Gasteiger partial charge in [0.2, 0.25) is 5.89 Å². The molecule has 0 spiro atoms. The third-order valence-electron chi connectivity index (χ3n) is 3.62. The van der Waals surface area contributed by atoms with Gasteiger partial charge in [-0.15, -0.1) is 0 Å². The van der Waals surface area contributed by atoms with Crippen LogP contribution in [0.2, 0.25) is 0 Å². The molecule has 1 aromatic heterocycles. The Kier molecular flexibility index (Phi) is 4.62. The Morgan fingerprint density at radius 1 is 1.36 bits per heavy atom. The average Bonchev–Trinajstić information content (AvgIpc) is 2.96. The molecule has 0 bridgehead atoms. The van der Waals surface area contributed by atoms with E-state index in [4.69, 9.17) is 9.78 Å². The predicted molar refractivity (Wildman–Crippen MR) is 84.0 cm³/mol. The topological polar surface area (TPSA) is 66.0 Å². The number of benzene rings is 1. The maximum absolute atomic E-state index is 8.97. The Balaban J connectivity index is 2.10. The maximum Gasteiger partial charge on any atom is 0.243 e. The molecule has 0 saturated carbocycles. The van der Waals surface area contributed by atoms with Gasteiger partial charge in [0.15, 0.2) is 5.82 Å². The standard InChI is InChI=1S/C17H22N4O/c1-12(15-19-16(20-22-15)17(2,3)4)21(5)11-14-8-6-7-13(9-14)10-18/h6-9,12H,11H2,1-5H3/t12-/m1/s1. The molecule has 0 amide bonds. The summed E-state index contributed by atoms with van der Waals surface area (Å²) >= 11 is 0. The number of nitriles is 1. The largest absolute Gasteiger partial charge is 0.338 e. The van der Waals surface area contributed by atoms with Crippen molar-refractivity contribution < 1.29 is 4.52 Å². The van der Waals surface area contributed by atoms with E-state index in [0.717, 1.165) is 5.56 Å². The maximum atomic E-state index is 8.97. The summed E-state index contributed by atoms with van der Waals surface area (Å²) in [7, 11) is 2.00. The molecule has 1 heterocycles. The first kappa shape index (κ1) is 16.2. The van der Waals surface area contributed by atoms with E-state index in [0.29, 0.717) is 23.8 Å². The third-order valence-corrected chi connectivity index (χ3v) is 3.62. The summed E-state index contributed by atoms with van der Waals surface area (Å²) in [6, 6.07) is 9.79. The van der Waals surface area contributed by atoms with Crippen LogP contribution in [-0.2, 0) is 12.0 Å². The lowest BCUT2D eigenvalue weighted by molar-refractivity contribution is 0.202. The Morgan fingerprint density at radius 3 is 2.68 bits per heavy atom. The predicted octanol–water partition coefficient (Wildman–Crippen LogP) is 3.43. The highest BCUT2D eigenvalue weighted by atomic mass is 16.5. The quantitative estimate of drug-likeness (QED) is 0.865. The van der Waals surface area contributed by atoms with Crippen LogP contribution in [0.4, 0.5) is 0 Å². The van der Waals surface area contributed by atoms with Gasteiger partial charge in [0.1, 0.15) is 0 Å². The Labute approximate surface area is 131 Å². The van der Waals surface area contributed by atoms with E-state index in [1.54, 1.807) is 6.07 Å². The number of aromatic nitrogens is 2. The lowest BCUT2D eigenvalue weighted by Gasteiger charge is -2.21. The van der Waals surface area contributed by atoms with Crippen LogP contribution < -0.4 is 0 Å². The summed E-state index contributed by atoms with van der Waals surface area (Å²) in [5.74, 6) is 1.33. The lowest BCUT2D eigenvalue weighted by Crippen LogP contribution is -2.22. The summed E-state index contributed by atoms with van der Waals surface area (Å²) in [4.78, 5) is 6.63. The molecule has 1 atom stereocenters. The van der Waals surface area contributed by atoms with Gasteiger partial charge in [-0.25, -0.2) is 0 Å². The van der Waals surface area contributed by atoms with Gasteiger partial charge in [-0.1, -0.05) is 38.1 Å². The second-order valence-corrected chi connectivity index (χ2v) is 6.61. The molecule has 0 radical (unpaired) electrons. The third kappa shape index (κ3) is 3.71. The molecule has 22 heavy (non-hydrogen) atoms. The van der Waals surface area contributed by atoms with Gasteiger partial charge in [0, 0.05) is 12.0 Å². The first-order chi connectivity index (χ1) is 10.3. The molecule has 0 N–H and O–H groups in total. The molecule has 0 unspecified atom stereocenters. The second kappa shape index (κ2) is 6.29. The van der Waals surface area contributed by atoms with Crippen LogP contribution in [0.5, 0.6) is 0 Å². The molecule has 0 aliphatic heterocycles.